The summed E-state index contributed by atoms with van der Waals surface area (Å²) in [5, 5.41) is 4.82. The second-order valence-electron chi connectivity index (χ2n) is 5.52. The van der Waals surface area contributed by atoms with Gasteiger partial charge in [0.05, 0.1) is 12.0 Å². The van der Waals surface area contributed by atoms with Crippen molar-refractivity contribution < 1.29 is 17.9 Å². The van der Waals surface area contributed by atoms with E-state index in [4.69, 9.17) is 11.6 Å². The van der Waals surface area contributed by atoms with Crippen molar-refractivity contribution in [3.8, 4) is 22.4 Å². The molecule has 0 saturated carbocycles. The lowest BCUT2D eigenvalue weighted by Gasteiger charge is -2.04. The first-order valence-electron chi connectivity index (χ1n) is 7.46. The van der Waals surface area contributed by atoms with Crippen LogP contribution in [0.3, 0.4) is 0 Å². The number of nitrogens with zero attached hydrogens (tertiary/aromatic N) is 2. The van der Waals surface area contributed by atoms with Crippen molar-refractivity contribution >= 4 is 27.5 Å². The molecule has 8 heteroatoms. The maximum atomic E-state index is 11.8. The van der Waals surface area contributed by atoms with E-state index in [0.717, 1.165) is 16.5 Å². The van der Waals surface area contributed by atoms with E-state index in [1.807, 2.05) is 0 Å². The van der Waals surface area contributed by atoms with E-state index in [1.54, 1.807) is 36.4 Å². The molecule has 0 fully saturated rings. The highest BCUT2D eigenvalue weighted by Crippen LogP contribution is 2.32. The minimum atomic E-state index is -3.30. The van der Waals surface area contributed by atoms with Crippen molar-refractivity contribution in [1.29, 1.82) is 0 Å². The van der Waals surface area contributed by atoms with E-state index in [2.05, 4.69) is 16.0 Å². The number of hydrogen-bond donors (Lipinski definition) is 0. The summed E-state index contributed by atoms with van der Waals surface area (Å²) in [5.74, 6) is 0. The Morgan fingerprint density at radius 2 is 1.65 bits per heavy atom. The minimum absolute atomic E-state index is 0.200. The number of halogens is 1. The molecular weight excluding hydrogens is 376 g/mol. The van der Waals surface area contributed by atoms with Crippen LogP contribution in [0.15, 0.2) is 53.4 Å². The second kappa shape index (κ2) is 6.93. The highest BCUT2D eigenvalue weighted by Gasteiger charge is 2.18. The van der Waals surface area contributed by atoms with Gasteiger partial charge in [0.25, 0.3) is 0 Å². The predicted octanol–water partition coefficient (Wildman–Crippen LogP) is 3.69. The van der Waals surface area contributed by atoms with Gasteiger partial charge < -0.3 is 4.74 Å². The molecule has 1 aromatic heterocycles. The van der Waals surface area contributed by atoms with E-state index >= 15 is 0 Å². The van der Waals surface area contributed by atoms with Gasteiger partial charge in [0, 0.05) is 22.4 Å². The number of hydrogen-bond acceptors (Lipinski definition) is 5. The fourth-order valence-electron chi connectivity index (χ4n) is 2.39. The number of sulfone groups is 1. The molecule has 26 heavy (non-hydrogen) atoms. The van der Waals surface area contributed by atoms with Gasteiger partial charge in [-0.05, 0) is 29.8 Å². The third-order valence-corrected chi connectivity index (χ3v) is 5.07. The number of aromatic nitrogens is 2. The zero-order valence-corrected chi connectivity index (χ0v) is 15.5. The van der Waals surface area contributed by atoms with Gasteiger partial charge >= 0.3 is 6.09 Å². The van der Waals surface area contributed by atoms with Gasteiger partial charge in [-0.25, -0.2) is 13.2 Å². The smallest absolute Gasteiger partial charge is 0.435 e. The first kappa shape index (κ1) is 18.2. The molecule has 2 aromatic carbocycles. The highest BCUT2D eigenvalue weighted by molar-refractivity contribution is 7.90. The van der Waals surface area contributed by atoms with E-state index in [-0.39, 0.29) is 4.90 Å². The van der Waals surface area contributed by atoms with Gasteiger partial charge in [-0.3, -0.25) is 0 Å². The molecule has 133 valence electrons. The van der Waals surface area contributed by atoms with Gasteiger partial charge in [0.1, 0.15) is 11.9 Å². The molecule has 0 saturated heterocycles. The Hall–Kier alpha value is -2.64. The molecule has 0 atom stereocenters. The molecule has 3 aromatic rings. The summed E-state index contributed by atoms with van der Waals surface area (Å²) >= 11 is 5.93. The van der Waals surface area contributed by atoms with Crippen molar-refractivity contribution in [2.45, 2.75) is 4.90 Å². The van der Waals surface area contributed by atoms with Crippen molar-refractivity contribution in [2.24, 2.45) is 0 Å². The van der Waals surface area contributed by atoms with Crippen LogP contribution >= 0.6 is 11.6 Å². The van der Waals surface area contributed by atoms with E-state index < -0.39 is 15.9 Å². The maximum absolute atomic E-state index is 11.8. The number of ether oxygens (including phenoxy) is 1. The Balaban J connectivity index is 2.14. The molecule has 0 aliphatic carbocycles. The zero-order chi connectivity index (χ0) is 18.9. The Morgan fingerprint density at radius 1 is 1.08 bits per heavy atom. The lowest BCUT2D eigenvalue weighted by Crippen LogP contribution is -2.11. The first-order chi connectivity index (χ1) is 12.3. The van der Waals surface area contributed by atoms with E-state index in [0.29, 0.717) is 21.8 Å². The first-order valence-corrected chi connectivity index (χ1v) is 9.73. The lowest BCUT2D eigenvalue weighted by molar-refractivity contribution is 0.169. The Labute approximate surface area is 155 Å². The molecule has 0 spiro atoms. The van der Waals surface area contributed by atoms with Crippen LogP contribution in [0.2, 0.25) is 5.02 Å². The third-order valence-electron chi connectivity index (χ3n) is 3.69. The fourth-order valence-corrected chi connectivity index (χ4v) is 3.14. The van der Waals surface area contributed by atoms with Crippen LogP contribution in [0.25, 0.3) is 22.4 Å². The van der Waals surface area contributed by atoms with Gasteiger partial charge in [-0.1, -0.05) is 35.9 Å². The van der Waals surface area contributed by atoms with Crippen molar-refractivity contribution in [3.63, 3.8) is 0 Å². The molecule has 6 nitrogen and oxygen atoms in total. The fraction of sp³-hybridized carbons (Fsp3) is 0.111. The standard InChI is InChI=1S/C18H14ClN2O4S/c1-25-18(22)21-11-16(12-3-7-14(19)8-4-12)17(20-21)13-5-9-15(10-6-13)26(2,23)24/h3-10H,1-2H3. The summed E-state index contributed by atoms with van der Waals surface area (Å²) in [6, 6.07) is 13.3. The van der Waals surface area contributed by atoms with Crippen molar-refractivity contribution in [3.05, 3.63) is 59.8 Å². The van der Waals surface area contributed by atoms with Crippen molar-refractivity contribution in [1.82, 2.24) is 9.78 Å². The van der Waals surface area contributed by atoms with Crippen LogP contribution in [0.1, 0.15) is 0 Å². The molecule has 1 radical (unpaired) electrons. The maximum Gasteiger partial charge on any atom is 0.435 e. The summed E-state index contributed by atoms with van der Waals surface area (Å²) in [5.41, 5.74) is 2.44. The summed E-state index contributed by atoms with van der Waals surface area (Å²) in [4.78, 5) is 12.0. The van der Waals surface area contributed by atoms with E-state index in [9.17, 15) is 13.2 Å². The highest BCUT2D eigenvalue weighted by atomic mass is 35.5. The lowest BCUT2D eigenvalue weighted by atomic mass is 10.0. The quantitative estimate of drug-likeness (QED) is 0.682. The average molecular weight is 390 g/mol. The van der Waals surface area contributed by atoms with Crippen LogP contribution in [0, 0.1) is 6.20 Å². The molecular formula is C18H14ClN2O4S. The largest absolute Gasteiger partial charge is 0.451 e. The number of carbonyl (C=O) groups excluding carboxylic acids is 1. The van der Waals surface area contributed by atoms with Gasteiger partial charge in [-0.15, -0.1) is 0 Å². The summed E-state index contributed by atoms with van der Waals surface area (Å²) in [6.45, 7) is 0. The molecule has 3 rings (SSSR count). The third kappa shape index (κ3) is 3.63. The minimum Gasteiger partial charge on any atom is -0.451 e. The number of rotatable bonds is 3. The zero-order valence-electron chi connectivity index (χ0n) is 13.9. The SMILES string of the molecule is COC(=O)n1[c]c(-c2ccc(Cl)cc2)c(-c2ccc(S(C)(=O)=O)cc2)n1. The topological polar surface area (TPSA) is 78.3 Å². The second-order valence-corrected chi connectivity index (χ2v) is 7.97. The Morgan fingerprint density at radius 3 is 2.19 bits per heavy atom. The summed E-state index contributed by atoms with van der Waals surface area (Å²) in [7, 11) is -2.05. The average Bonchev–Trinajstić information content (AvgIpc) is 3.06. The van der Waals surface area contributed by atoms with Crippen LogP contribution in [0.4, 0.5) is 4.79 Å². The molecule has 0 aliphatic heterocycles. The Kier molecular flexibility index (Phi) is 4.84. The predicted molar refractivity (Wildman–Crippen MR) is 97.9 cm³/mol. The van der Waals surface area contributed by atoms with Crippen LogP contribution in [0.5, 0.6) is 0 Å². The molecule has 0 unspecified atom stereocenters. The van der Waals surface area contributed by atoms with Crippen LogP contribution in [-0.2, 0) is 14.6 Å². The van der Waals surface area contributed by atoms with Gasteiger partial charge in [0.2, 0.25) is 0 Å². The van der Waals surface area contributed by atoms with Crippen LogP contribution < -0.4 is 0 Å². The molecule has 0 bridgehead atoms. The molecule has 0 N–H and O–H groups in total. The molecule has 1 heterocycles. The number of benzene rings is 2. The van der Waals surface area contributed by atoms with Crippen LogP contribution in [-0.4, -0.2) is 37.7 Å². The normalized spacial score (nSPS) is 11.3. The molecule has 0 amide bonds. The number of carbonyl (C=O) groups is 1. The van der Waals surface area contributed by atoms with Gasteiger partial charge in [0.15, 0.2) is 9.84 Å². The monoisotopic (exact) mass is 389 g/mol. The van der Waals surface area contributed by atoms with E-state index in [1.165, 1.54) is 19.2 Å². The number of methoxy groups -OCH3 is 1. The molecule has 0 aliphatic rings. The Bertz CT molecular complexity index is 1060. The summed E-state index contributed by atoms with van der Waals surface area (Å²) < 4.78 is 28.9. The summed E-state index contributed by atoms with van der Waals surface area (Å²) in [6.07, 6.45) is 3.34. The van der Waals surface area contributed by atoms with Gasteiger partial charge in [-0.2, -0.15) is 9.78 Å². The van der Waals surface area contributed by atoms with Crippen molar-refractivity contribution in [2.75, 3.05) is 13.4 Å².